The summed E-state index contributed by atoms with van der Waals surface area (Å²) < 4.78 is 5.58. The van der Waals surface area contributed by atoms with Crippen LogP contribution in [0.1, 0.15) is 18.9 Å². The Kier molecular flexibility index (Phi) is 6.39. The maximum Gasteiger partial charge on any atom is 0.267 e. The summed E-state index contributed by atoms with van der Waals surface area (Å²) >= 11 is 6.04. The second-order valence-electron chi connectivity index (χ2n) is 6.70. The number of halogens is 1. The molecule has 0 aliphatic carbocycles. The van der Waals surface area contributed by atoms with Crippen molar-refractivity contribution in [2.24, 2.45) is 0 Å². The number of nitrogens with one attached hydrogen (secondary N) is 2. The number of rotatable bonds is 6. The molecule has 0 saturated heterocycles. The van der Waals surface area contributed by atoms with E-state index in [1.807, 2.05) is 6.07 Å². The summed E-state index contributed by atoms with van der Waals surface area (Å²) in [5.74, 6) is -0.278. The number of carbonyl (C=O) groups excluding carboxylic acids is 3. The molecule has 0 radical (unpaired) electrons. The van der Waals surface area contributed by atoms with Crippen molar-refractivity contribution in [1.29, 1.82) is 0 Å². The van der Waals surface area contributed by atoms with Gasteiger partial charge in [0.2, 0.25) is 11.8 Å². The standard InChI is InChI=1S/C21H22ClN3O4/c1-13-15(22)6-5-7-16(13)24-20(27)12-23-19(26)10-11-25-17-8-3-4-9-18(17)29-14(2)21(25)28/h3-9,14H,10-12H2,1-2H3,(H,23,26)(H,24,27)/t14-/m1/s1. The molecule has 1 heterocycles. The molecule has 1 aliphatic heterocycles. The predicted octanol–water partition coefficient (Wildman–Crippen LogP) is 2.91. The van der Waals surface area contributed by atoms with Crippen molar-refractivity contribution in [1.82, 2.24) is 5.32 Å². The Labute approximate surface area is 174 Å². The SMILES string of the molecule is Cc1c(Cl)cccc1NC(=O)CNC(=O)CCN1C(=O)[C@@H](C)Oc2ccccc21. The third-order valence-electron chi connectivity index (χ3n) is 4.62. The van der Waals surface area contributed by atoms with Crippen molar-refractivity contribution in [2.45, 2.75) is 26.4 Å². The van der Waals surface area contributed by atoms with Crippen LogP contribution >= 0.6 is 11.6 Å². The van der Waals surface area contributed by atoms with Crippen LogP contribution in [0.3, 0.4) is 0 Å². The van der Waals surface area contributed by atoms with E-state index in [2.05, 4.69) is 10.6 Å². The van der Waals surface area contributed by atoms with Crippen molar-refractivity contribution in [3.63, 3.8) is 0 Å². The van der Waals surface area contributed by atoms with Crippen molar-refractivity contribution >= 4 is 40.7 Å². The number of fused-ring (bicyclic) bond motifs is 1. The topological polar surface area (TPSA) is 87.7 Å². The maximum absolute atomic E-state index is 12.4. The van der Waals surface area contributed by atoms with Gasteiger partial charge in [0, 0.05) is 23.7 Å². The maximum atomic E-state index is 12.4. The zero-order valence-corrected chi connectivity index (χ0v) is 17.0. The van der Waals surface area contributed by atoms with Crippen molar-refractivity contribution in [2.75, 3.05) is 23.3 Å². The molecule has 3 amide bonds. The quantitative estimate of drug-likeness (QED) is 0.759. The zero-order chi connectivity index (χ0) is 21.0. The molecule has 2 N–H and O–H groups in total. The lowest BCUT2D eigenvalue weighted by molar-refractivity contribution is -0.126. The molecule has 0 bridgehead atoms. The Morgan fingerprint density at radius 3 is 2.69 bits per heavy atom. The third kappa shape index (κ3) is 4.86. The van der Waals surface area contributed by atoms with Crippen LogP contribution < -0.4 is 20.3 Å². The fourth-order valence-electron chi connectivity index (χ4n) is 3.01. The molecule has 0 aromatic heterocycles. The Morgan fingerprint density at radius 2 is 1.90 bits per heavy atom. The van der Waals surface area contributed by atoms with Gasteiger partial charge in [-0.1, -0.05) is 29.8 Å². The zero-order valence-electron chi connectivity index (χ0n) is 16.2. The lowest BCUT2D eigenvalue weighted by Gasteiger charge is -2.32. The van der Waals surface area contributed by atoms with Gasteiger partial charge < -0.3 is 20.3 Å². The summed E-state index contributed by atoms with van der Waals surface area (Å²) in [6, 6.07) is 12.4. The first-order valence-electron chi connectivity index (χ1n) is 9.25. The molecule has 0 saturated carbocycles. The van der Waals surface area contributed by atoms with Gasteiger partial charge in [-0.15, -0.1) is 0 Å². The number of hydrogen-bond acceptors (Lipinski definition) is 4. The van der Waals surface area contributed by atoms with Crippen LogP contribution in [0.25, 0.3) is 0 Å². The van der Waals surface area contributed by atoms with Gasteiger partial charge in [-0.25, -0.2) is 0 Å². The first kappa shape index (κ1) is 20.7. The highest BCUT2D eigenvalue weighted by Gasteiger charge is 2.31. The van der Waals surface area contributed by atoms with Crippen LogP contribution in [0.5, 0.6) is 5.75 Å². The van der Waals surface area contributed by atoms with Crippen LogP contribution in [0.15, 0.2) is 42.5 Å². The number of amides is 3. The number of anilines is 2. The lowest BCUT2D eigenvalue weighted by Crippen LogP contribution is -2.46. The van der Waals surface area contributed by atoms with Gasteiger partial charge in [0.1, 0.15) is 5.75 Å². The number of nitrogens with zero attached hydrogens (tertiary/aromatic N) is 1. The number of para-hydroxylation sites is 2. The van der Waals surface area contributed by atoms with E-state index in [9.17, 15) is 14.4 Å². The largest absolute Gasteiger partial charge is 0.479 e. The van der Waals surface area contributed by atoms with Crippen LogP contribution in [-0.4, -0.2) is 36.9 Å². The van der Waals surface area contributed by atoms with E-state index < -0.39 is 6.10 Å². The normalized spacial score (nSPS) is 15.3. The van der Waals surface area contributed by atoms with Crippen LogP contribution in [0, 0.1) is 6.92 Å². The summed E-state index contributed by atoms with van der Waals surface area (Å²) in [7, 11) is 0. The van der Waals surface area contributed by atoms with Gasteiger partial charge in [-0.05, 0) is 43.7 Å². The van der Waals surface area contributed by atoms with Crippen LogP contribution in [0.2, 0.25) is 5.02 Å². The van der Waals surface area contributed by atoms with Crippen molar-refractivity contribution in [3.05, 3.63) is 53.1 Å². The molecule has 2 aromatic rings. The average Bonchev–Trinajstić information content (AvgIpc) is 2.70. The molecule has 8 heteroatoms. The molecule has 3 rings (SSSR count). The predicted molar refractivity (Wildman–Crippen MR) is 111 cm³/mol. The molecule has 1 atom stereocenters. The Morgan fingerprint density at radius 1 is 1.14 bits per heavy atom. The minimum Gasteiger partial charge on any atom is -0.479 e. The highest BCUT2D eigenvalue weighted by Crippen LogP contribution is 2.33. The van der Waals surface area contributed by atoms with Gasteiger partial charge >= 0.3 is 0 Å². The summed E-state index contributed by atoms with van der Waals surface area (Å²) in [6.45, 7) is 3.50. The molecular weight excluding hydrogens is 394 g/mol. The lowest BCUT2D eigenvalue weighted by atomic mass is 10.1. The van der Waals surface area contributed by atoms with Gasteiger partial charge in [-0.3, -0.25) is 14.4 Å². The van der Waals surface area contributed by atoms with Crippen LogP contribution in [0.4, 0.5) is 11.4 Å². The Hall–Kier alpha value is -3.06. The molecule has 1 aliphatic rings. The fraction of sp³-hybridized carbons (Fsp3) is 0.286. The summed E-state index contributed by atoms with van der Waals surface area (Å²) in [5.41, 5.74) is 1.99. The first-order valence-corrected chi connectivity index (χ1v) is 9.63. The number of hydrogen-bond donors (Lipinski definition) is 2. The van der Waals surface area contributed by atoms with Crippen molar-refractivity contribution < 1.29 is 19.1 Å². The molecular formula is C21H22ClN3O4. The molecule has 7 nitrogen and oxygen atoms in total. The Bertz CT molecular complexity index is 947. The average molecular weight is 416 g/mol. The van der Waals surface area contributed by atoms with E-state index in [0.29, 0.717) is 22.1 Å². The fourth-order valence-corrected chi connectivity index (χ4v) is 3.18. The van der Waals surface area contributed by atoms with Gasteiger partial charge in [0.15, 0.2) is 6.10 Å². The van der Waals surface area contributed by atoms with Crippen molar-refractivity contribution in [3.8, 4) is 5.75 Å². The van der Waals surface area contributed by atoms with E-state index in [0.717, 1.165) is 5.56 Å². The molecule has 152 valence electrons. The molecule has 0 spiro atoms. The minimum atomic E-state index is -0.611. The number of carbonyl (C=O) groups is 3. The third-order valence-corrected chi connectivity index (χ3v) is 5.03. The second kappa shape index (κ2) is 8.96. The molecule has 0 unspecified atom stereocenters. The highest BCUT2D eigenvalue weighted by molar-refractivity contribution is 6.31. The minimum absolute atomic E-state index is 0.0657. The van der Waals surface area contributed by atoms with E-state index in [1.54, 1.807) is 55.1 Å². The highest BCUT2D eigenvalue weighted by atomic mass is 35.5. The van der Waals surface area contributed by atoms with E-state index in [-0.39, 0.29) is 37.2 Å². The van der Waals surface area contributed by atoms with Gasteiger partial charge in [-0.2, -0.15) is 0 Å². The van der Waals surface area contributed by atoms with E-state index in [4.69, 9.17) is 16.3 Å². The summed E-state index contributed by atoms with van der Waals surface area (Å²) in [5, 5.41) is 5.84. The van der Waals surface area contributed by atoms with E-state index >= 15 is 0 Å². The smallest absolute Gasteiger partial charge is 0.267 e. The van der Waals surface area contributed by atoms with E-state index in [1.165, 1.54) is 0 Å². The molecule has 29 heavy (non-hydrogen) atoms. The molecule has 0 fully saturated rings. The first-order chi connectivity index (χ1) is 13.9. The van der Waals surface area contributed by atoms with Gasteiger partial charge in [0.05, 0.1) is 12.2 Å². The second-order valence-corrected chi connectivity index (χ2v) is 7.11. The number of ether oxygens (including phenoxy) is 1. The summed E-state index contributed by atoms with van der Waals surface area (Å²) in [4.78, 5) is 38.2. The number of benzene rings is 2. The molecule has 2 aromatic carbocycles. The monoisotopic (exact) mass is 415 g/mol. The van der Waals surface area contributed by atoms with Crippen LogP contribution in [-0.2, 0) is 14.4 Å². The summed E-state index contributed by atoms with van der Waals surface area (Å²) in [6.07, 6.45) is -0.546. The van der Waals surface area contributed by atoms with Gasteiger partial charge in [0.25, 0.3) is 5.91 Å². The Balaban J connectivity index is 1.52.